The number of thioether (sulfide) groups is 1. The predicted octanol–water partition coefficient (Wildman–Crippen LogP) is 4.43. The van der Waals surface area contributed by atoms with Crippen molar-refractivity contribution in [1.29, 1.82) is 5.26 Å². The van der Waals surface area contributed by atoms with E-state index in [0.717, 1.165) is 25.0 Å². The van der Waals surface area contributed by atoms with Crippen LogP contribution in [0.3, 0.4) is 0 Å². The monoisotopic (exact) mass is 425 g/mol. The number of nitrogens with zero attached hydrogens (tertiary/aromatic N) is 3. The van der Waals surface area contributed by atoms with E-state index in [1.165, 1.54) is 42.2 Å². The first-order valence-electron chi connectivity index (χ1n) is 9.97. The number of hydrogen-bond acceptors (Lipinski definition) is 6. The van der Waals surface area contributed by atoms with Crippen molar-refractivity contribution >= 4 is 28.5 Å². The van der Waals surface area contributed by atoms with Gasteiger partial charge in [-0.3, -0.25) is 9.79 Å². The highest BCUT2D eigenvalue weighted by Gasteiger charge is 2.48. The third-order valence-corrected chi connectivity index (χ3v) is 6.30. The molecule has 0 radical (unpaired) electrons. The number of carbonyl (C=O) groups is 1. The van der Waals surface area contributed by atoms with Gasteiger partial charge in [0, 0.05) is 23.2 Å². The lowest BCUT2D eigenvalue weighted by Gasteiger charge is -2.36. The molecule has 2 atom stereocenters. The number of amides is 1. The SMILES string of the molecule is CC.N#Cc1ccc(C(=O)Nc2ccc(F)c(C34CCC[C@H]3CSC(N)=N4)c2)nc1. The summed E-state index contributed by atoms with van der Waals surface area (Å²) in [5.74, 6) is 0.278. The molecule has 0 saturated heterocycles. The second-order valence-corrected chi connectivity index (χ2v) is 8.01. The van der Waals surface area contributed by atoms with E-state index in [2.05, 4.69) is 15.3 Å². The Bertz CT molecular complexity index is 1000. The summed E-state index contributed by atoms with van der Waals surface area (Å²) in [7, 11) is 0. The molecule has 1 fully saturated rings. The molecule has 3 N–H and O–H groups in total. The number of anilines is 1. The first-order valence-corrected chi connectivity index (χ1v) is 11.0. The van der Waals surface area contributed by atoms with Crippen LogP contribution in [0.5, 0.6) is 0 Å². The molecule has 1 amide bonds. The van der Waals surface area contributed by atoms with Crippen LogP contribution in [-0.2, 0) is 5.54 Å². The van der Waals surface area contributed by atoms with Crippen molar-refractivity contribution in [3.63, 3.8) is 0 Å². The largest absolute Gasteiger partial charge is 0.379 e. The normalized spacial score (nSPS) is 22.1. The fraction of sp³-hybridized carbons (Fsp3) is 0.364. The van der Waals surface area contributed by atoms with Crippen molar-refractivity contribution < 1.29 is 9.18 Å². The molecule has 8 heteroatoms. The number of benzene rings is 1. The van der Waals surface area contributed by atoms with Gasteiger partial charge in [0.25, 0.3) is 5.91 Å². The number of aliphatic imine (C=N–C) groups is 1. The van der Waals surface area contributed by atoms with Crippen molar-refractivity contribution in [2.45, 2.75) is 38.6 Å². The van der Waals surface area contributed by atoms with Crippen molar-refractivity contribution in [3.8, 4) is 6.07 Å². The van der Waals surface area contributed by atoms with Crippen LogP contribution in [0.2, 0.25) is 0 Å². The van der Waals surface area contributed by atoms with Gasteiger partial charge in [-0.2, -0.15) is 5.26 Å². The van der Waals surface area contributed by atoms with Gasteiger partial charge in [-0.15, -0.1) is 0 Å². The Morgan fingerprint density at radius 1 is 1.37 bits per heavy atom. The number of amidine groups is 1. The summed E-state index contributed by atoms with van der Waals surface area (Å²) in [5, 5.41) is 12.1. The van der Waals surface area contributed by atoms with E-state index in [1.807, 2.05) is 19.9 Å². The Hall–Kier alpha value is -2.92. The zero-order chi connectivity index (χ0) is 21.7. The number of hydrogen-bond donors (Lipinski definition) is 2. The van der Waals surface area contributed by atoms with Crippen LogP contribution in [0.15, 0.2) is 41.5 Å². The molecule has 0 bridgehead atoms. The minimum Gasteiger partial charge on any atom is -0.379 e. The fourth-order valence-electron chi connectivity index (χ4n) is 3.98. The van der Waals surface area contributed by atoms with Crippen LogP contribution >= 0.6 is 11.8 Å². The standard InChI is InChI=1S/C20H18FN5OS.C2H6/c21-16-5-4-14(25-18(27)17-6-3-12(9-22)10-24-17)8-15(16)20-7-1-2-13(20)11-28-19(23)26-20;1-2/h3-6,8,10,13H,1-2,7,11H2,(H2,23,26)(H,25,27);1-2H3/t13-,20?;/m0./s1. The van der Waals surface area contributed by atoms with E-state index in [-0.39, 0.29) is 17.4 Å². The summed E-state index contributed by atoms with van der Waals surface area (Å²) in [6.07, 6.45) is 4.02. The maximum Gasteiger partial charge on any atom is 0.274 e. The molecule has 1 aromatic carbocycles. The first-order chi connectivity index (χ1) is 14.5. The molecule has 4 rings (SSSR count). The van der Waals surface area contributed by atoms with Crippen LogP contribution in [0.4, 0.5) is 10.1 Å². The molecule has 156 valence electrons. The molecular formula is C22H24FN5OS. The summed E-state index contributed by atoms with van der Waals surface area (Å²) in [5.41, 5.74) is 6.81. The maximum absolute atomic E-state index is 14.8. The zero-order valence-electron chi connectivity index (χ0n) is 17.0. The number of rotatable bonds is 3. The number of nitrogens with two attached hydrogens (primary N) is 1. The maximum atomic E-state index is 14.8. The van der Waals surface area contributed by atoms with E-state index < -0.39 is 11.4 Å². The van der Waals surface area contributed by atoms with E-state index in [0.29, 0.717) is 22.0 Å². The average molecular weight is 426 g/mol. The number of nitriles is 1. The molecule has 0 spiro atoms. The quantitative estimate of drug-likeness (QED) is 0.757. The van der Waals surface area contributed by atoms with Gasteiger partial charge in [-0.05, 0) is 49.1 Å². The Morgan fingerprint density at radius 3 is 2.87 bits per heavy atom. The molecule has 2 aromatic rings. The van der Waals surface area contributed by atoms with Crippen LogP contribution in [0, 0.1) is 23.1 Å². The second-order valence-electron chi connectivity index (χ2n) is 6.97. The van der Waals surface area contributed by atoms with Gasteiger partial charge in [0.05, 0.1) is 11.1 Å². The highest BCUT2D eigenvalue weighted by molar-refractivity contribution is 8.13. The minimum absolute atomic E-state index is 0.179. The Morgan fingerprint density at radius 2 is 2.17 bits per heavy atom. The minimum atomic E-state index is -0.660. The van der Waals surface area contributed by atoms with Gasteiger partial charge in [0.15, 0.2) is 5.17 Å². The number of carbonyl (C=O) groups excluding carboxylic acids is 1. The van der Waals surface area contributed by atoms with Gasteiger partial charge >= 0.3 is 0 Å². The first kappa shape index (κ1) is 21.8. The van der Waals surface area contributed by atoms with Crippen molar-refractivity contribution in [2.75, 3.05) is 11.1 Å². The predicted molar refractivity (Wildman–Crippen MR) is 118 cm³/mol. The third kappa shape index (κ3) is 4.17. The number of nitrogens with one attached hydrogen (secondary N) is 1. The molecule has 6 nitrogen and oxygen atoms in total. The summed E-state index contributed by atoms with van der Waals surface area (Å²) in [6.45, 7) is 4.00. The van der Waals surface area contributed by atoms with E-state index in [4.69, 9.17) is 11.0 Å². The number of pyridine rings is 1. The van der Waals surface area contributed by atoms with Crippen molar-refractivity contribution in [3.05, 3.63) is 59.2 Å². The van der Waals surface area contributed by atoms with Crippen LogP contribution in [0.1, 0.15) is 54.7 Å². The van der Waals surface area contributed by atoms with Crippen LogP contribution in [-0.4, -0.2) is 21.8 Å². The molecule has 1 unspecified atom stereocenters. The lowest BCUT2D eigenvalue weighted by atomic mass is 9.81. The Balaban J connectivity index is 0.00000124. The van der Waals surface area contributed by atoms with E-state index in [1.54, 1.807) is 6.07 Å². The lowest BCUT2D eigenvalue weighted by Crippen LogP contribution is -2.37. The summed E-state index contributed by atoms with van der Waals surface area (Å²) < 4.78 is 14.8. The van der Waals surface area contributed by atoms with Gasteiger partial charge in [0.1, 0.15) is 17.6 Å². The Kier molecular flexibility index (Phi) is 6.73. The van der Waals surface area contributed by atoms with Gasteiger partial charge < -0.3 is 11.1 Å². The summed E-state index contributed by atoms with van der Waals surface area (Å²) >= 11 is 1.51. The van der Waals surface area contributed by atoms with Gasteiger partial charge in [-0.1, -0.05) is 32.0 Å². The fourth-order valence-corrected chi connectivity index (χ4v) is 5.02. The van der Waals surface area contributed by atoms with Crippen molar-refractivity contribution in [2.24, 2.45) is 16.6 Å². The summed E-state index contributed by atoms with van der Waals surface area (Å²) in [4.78, 5) is 21.1. The molecule has 1 aliphatic carbocycles. The molecular weight excluding hydrogens is 401 g/mol. The third-order valence-electron chi connectivity index (χ3n) is 5.34. The van der Waals surface area contributed by atoms with E-state index in [9.17, 15) is 9.18 Å². The zero-order valence-corrected chi connectivity index (χ0v) is 17.8. The average Bonchev–Trinajstić information content (AvgIpc) is 3.20. The molecule has 2 heterocycles. The molecule has 2 aliphatic rings. The van der Waals surface area contributed by atoms with Crippen LogP contribution < -0.4 is 11.1 Å². The molecule has 1 aromatic heterocycles. The van der Waals surface area contributed by atoms with Gasteiger partial charge in [0.2, 0.25) is 0 Å². The van der Waals surface area contributed by atoms with Gasteiger partial charge in [-0.25, -0.2) is 9.37 Å². The van der Waals surface area contributed by atoms with Crippen molar-refractivity contribution in [1.82, 2.24) is 4.98 Å². The number of aromatic nitrogens is 1. The second kappa shape index (κ2) is 9.26. The molecule has 1 saturated carbocycles. The molecule has 30 heavy (non-hydrogen) atoms. The highest BCUT2D eigenvalue weighted by atomic mass is 32.2. The lowest BCUT2D eigenvalue weighted by molar-refractivity contribution is 0.102. The number of halogens is 1. The topological polar surface area (TPSA) is 104 Å². The van der Waals surface area contributed by atoms with Crippen LogP contribution in [0.25, 0.3) is 0 Å². The molecule has 1 aliphatic heterocycles. The van der Waals surface area contributed by atoms with E-state index >= 15 is 0 Å². The highest BCUT2D eigenvalue weighted by Crippen LogP contribution is 2.51. The Labute approximate surface area is 179 Å². The summed E-state index contributed by atoms with van der Waals surface area (Å²) in [6, 6.07) is 9.49. The number of fused-ring (bicyclic) bond motifs is 1. The smallest absolute Gasteiger partial charge is 0.274 e.